The van der Waals surface area contributed by atoms with Crippen molar-refractivity contribution < 1.29 is 9.53 Å². The molecule has 0 bridgehead atoms. The van der Waals surface area contributed by atoms with Crippen LogP contribution in [0.15, 0.2) is 71.5 Å². The molecular formula is C21H20ClN3O3. The zero-order chi connectivity index (χ0) is 19.9. The molecule has 0 unspecified atom stereocenters. The van der Waals surface area contributed by atoms with E-state index in [1.165, 1.54) is 21.7 Å². The number of ether oxygens (including phenoxy) is 1. The fourth-order valence-corrected chi connectivity index (χ4v) is 2.69. The highest BCUT2D eigenvalue weighted by Gasteiger charge is 2.15. The van der Waals surface area contributed by atoms with E-state index in [1.807, 2.05) is 30.3 Å². The van der Waals surface area contributed by atoms with E-state index in [2.05, 4.69) is 5.10 Å². The molecule has 144 valence electrons. The molecule has 0 fully saturated rings. The third-order valence-corrected chi connectivity index (χ3v) is 4.37. The molecule has 0 saturated heterocycles. The summed E-state index contributed by atoms with van der Waals surface area (Å²) in [7, 11) is 1.67. The molecule has 1 amide bonds. The average Bonchev–Trinajstić information content (AvgIpc) is 2.71. The van der Waals surface area contributed by atoms with Gasteiger partial charge in [0.15, 0.2) is 0 Å². The van der Waals surface area contributed by atoms with Gasteiger partial charge in [0, 0.05) is 18.1 Å². The van der Waals surface area contributed by atoms with E-state index >= 15 is 0 Å². The van der Waals surface area contributed by atoms with Crippen molar-refractivity contribution in [2.45, 2.75) is 6.54 Å². The van der Waals surface area contributed by atoms with Crippen LogP contribution in [-0.4, -0.2) is 40.8 Å². The Kier molecular flexibility index (Phi) is 6.45. The second-order valence-electron chi connectivity index (χ2n) is 6.23. The standard InChI is InChI=1S/C21H20ClN3O3/c1-24(13-14-28-18-9-7-17(22)8-10-18)21(27)19-11-12-20(26)25(23-19)15-16-5-3-2-4-6-16/h2-12H,13-15H2,1H3. The van der Waals surface area contributed by atoms with Crippen molar-refractivity contribution in [3.8, 4) is 5.75 Å². The number of halogens is 1. The fraction of sp³-hybridized carbons (Fsp3) is 0.190. The van der Waals surface area contributed by atoms with Gasteiger partial charge in [0.2, 0.25) is 0 Å². The molecule has 0 aliphatic rings. The molecule has 6 nitrogen and oxygen atoms in total. The monoisotopic (exact) mass is 397 g/mol. The first-order valence-corrected chi connectivity index (χ1v) is 9.16. The van der Waals surface area contributed by atoms with Crippen LogP contribution < -0.4 is 10.3 Å². The molecule has 3 rings (SSSR count). The van der Waals surface area contributed by atoms with Crippen LogP contribution in [0.1, 0.15) is 16.1 Å². The Morgan fingerprint density at radius 2 is 1.79 bits per heavy atom. The Balaban J connectivity index is 1.62. The van der Waals surface area contributed by atoms with Gasteiger partial charge in [-0.3, -0.25) is 9.59 Å². The second-order valence-corrected chi connectivity index (χ2v) is 6.67. The summed E-state index contributed by atoms with van der Waals surface area (Å²) >= 11 is 5.84. The molecule has 7 heteroatoms. The minimum absolute atomic E-state index is 0.213. The van der Waals surface area contributed by atoms with Crippen molar-refractivity contribution >= 4 is 17.5 Å². The summed E-state index contributed by atoms with van der Waals surface area (Å²) in [5.41, 5.74) is 0.894. The number of benzene rings is 2. The van der Waals surface area contributed by atoms with Gasteiger partial charge in [0.25, 0.3) is 11.5 Å². The first-order chi connectivity index (χ1) is 13.5. The predicted octanol–water partition coefficient (Wildman–Crippen LogP) is 3.10. The van der Waals surface area contributed by atoms with E-state index in [-0.39, 0.29) is 17.2 Å². The van der Waals surface area contributed by atoms with E-state index in [4.69, 9.17) is 16.3 Å². The van der Waals surface area contributed by atoms with Crippen molar-refractivity contribution in [3.63, 3.8) is 0 Å². The number of aromatic nitrogens is 2. The Morgan fingerprint density at radius 1 is 1.07 bits per heavy atom. The number of amides is 1. The number of likely N-dealkylation sites (N-methyl/N-ethyl adjacent to an activating group) is 1. The molecular weight excluding hydrogens is 378 g/mol. The molecule has 1 heterocycles. The molecule has 3 aromatic rings. The van der Waals surface area contributed by atoms with Crippen LogP contribution in [0.2, 0.25) is 5.02 Å². The number of carbonyl (C=O) groups excluding carboxylic acids is 1. The summed E-state index contributed by atoms with van der Waals surface area (Å²) in [6, 6.07) is 19.3. The van der Waals surface area contributed by atoms with E-state index < -0.39 is 0 Å². The number of nitrogens with zero attached hydrogens (tertiary/aromatic N) is 3. The third-order valence-electron chi connectivity index (χ3n) is 4.12. The summed E-state index contributed by atoms with van der Waals surface area (Å²) in [4.78, 5) is 26.2. The minimum Gasteiger partial charge on any atom is -0.492 e. The van der Waals surface area contributed by atoms with Crippen LogP contribution in [0.25, 0.3) is 0 Å². The smallest absolute Gasteiger partial charge is 0.274 e. The summed E-state index contributed by atoms with van der Waals surface area (Å²) < 4.78 is 6.90. The Bertz CT molecular complexity index is 988. The van der Waals surface area contributed by atoms with Gasteiger partial charge in [-0.2, -0.15) is 5.10 Å². The van der Waals surface area contributed by atoms with Crippen LogP contribution in [0.5, 0.6) is 5.75 Å². The third kappa shape index (κ3) is 5.20. The average molecular weight is 398 g/mol. The van der Waals surface area contributed by atoms with E-state index in [0.717, 1.165) is 5.56 Å². The molecule has 1 aromatic heterocycles. The van der Waals surface area contributed by atoms with Crippen LogP contribution in [0.3, 0.4) is 0 Å². The molecule has 0 radical (unpaired) electrons. The van der Waals surface area contributed by atoms with Crippen LogP contribution in [-0.2, 0) is 6.54 Å². The first kappa shape index (κ1) is 19.6. The van der Waals surface area contributed by atoms with Crippen molar-refractivity contribution in [3.05, 3.63) is 93.4 Å². The minimum atomic E-state index is -0.276. The molecule has 28 heavy (non-hydrogen) atoms. The zero-order valence-corrected chi connectivity index (χ0v) is 16.2. The normalized spacial score (nSPS) is 10.5. The zero-order valence-electron chi connectivity index (χ0n) is 15.4. The van der Waals surface area contributed by atoms with Crippen LogP contribution in [0.4, 0.5) is 0 Å². The quantitative estimate of drug-likeness (QED) is 0.614. The highest BCUT2D eigenvalue weighted by Crippen LogP contribution is 2.15. The Morgan fingerprint density at radius 3 is 2.50 bits per heavy atom. The van der Waals surface area contributed by atoms with E-state index in [0.29, 0.717) is 30.5 Å². The summed E-state index contributed by atoms with van der Waals surface area (Å²) in [6.45, 7) is 1.01. The van der Waals surface area contributed by atoms with Crippen molar-refractivity contribution in [1.29, 1.82) is 0 Å². The molecule has 0 N–H and O–H groups in total. The lowest BCUT2D eigenvalue weighted by molar-refractivity contribution is 0.0765. The van der Waals surface area contributed by atoms with Gasteiger partial charge in [-0.15, -0.1) is 0 Å². The lowest BCUT2D eigenvalue weighted by Crippen LogP contribution is -2.33. The maximum absolute atomic E-state index is 12.6. The number of rotatable bonds is 7. The highest BCUT2D eigenvalue weighted by atomic mass is 35.5. The van der Waals surface area contributed by atoms with Gasteiger partial charge >= 0.3 is 0 Å². The number of carbonyl (C=O) groups is 1. The summed E-state index contributed by atoms with van der Waals surface area (Å²) in [6.07, 6.45) is 0. The molecule has 2 aromatic carbocycles. The molecule has 0 atom stereocenters. The van der Waals surface area contributed by atoms with Crippen molar-refractivity contribution in [2.24, 2.45) is 0 Å². The molecule has 0 aliphatic carbocycles. The Labute approximate surface area is 167 Å². The first-order valence-electron chi connectivity index (χ1n) is 8.79. The highest BCUT2D eigenvalue weighted by molar-refractivity contribution is 6.30. The summed E-state index contributed by atoms with van der Waals surface area (Å²) in [5.74, 6) is 0.404. The van der Waals surface area contributed by atoms with Crippen LogP contribution in [0, 0.1) is 0 Å². The van der Waals surface area contributed by atoms with E-state index in [1.54, 1.807) is 31.3 Å². The largest absolute Gasteiger partial charge is 0.492 e. The maximum atomic E-state index is 12.6. The van der Waals surface area contributed by atoms with Gasteiger partial charge in [-0.25, -0.2) is 4.68 Å². The predicted molar refractivity (Wildman–Crippen MR) is 108 cm³/mol. The maximum Gasteiger partial charge on any atom is 0.274 e. The van der Waals surface area contributed by atoms with Gasteiger partial charge < -0.3 is 9.64 Å². The van der Waals surface area contributed by atoms with Gasteiger partial charge in [0.1, 0.15) is 18.1 Å². The lowest BCUT2D eigenvalue weighted by atomic mass is 10.2. The topological polar surface area (TPSA) is 64.4 Å². The van der Waals surface area contributed by atoms with E-state index in [9.17, 15) is 9.59 Å². The second kappa shape index (κ2) is 9.19. The Hall–Kier alpha value is -3.12. The van der Waals surface area contributed by atoms with Gasteiger partial charge in [-0.1, -0.05) is 41.9 Å². The fourth-order valence-electron chi connectivity index (χ4n) is 2.56. The lowest BCUT2D eigenvalue weighted by Gasteiger charge is -2.17. The molecule has 0 saturated carbocycles. The SMILES string of the molecule is CN(CCOc1ccc(Cl)cc1)C(=O)c1ccc(=O)n(Cc2ccccc2)n1. The van der Waals surface area contributed by atoms with Crippen molar-refractivity contribution in [2.75, 3.05) is 20.2 Å². The van der Waals surface area contributed by atoms with Crippen LogP contribution >= 0.6 is 11.6 Å². The molecule has 0 aliphatic heterocycles. The number of hydrogen-bond acceptors (Lipinski definition) is 4. The van der Waals surface area contributed by atoms with Crippen molar-refractivity contribution in [1.82, 2.24) is 14.7 Å². The number of hydrogen-bond donors (Lipinski definition) is 0. The van der Waals surface area contributed by atoms with Gasteiger partial charge in [-0.05, 0) is 35.9 Å². The summed E-state index contributed by atoms with van der Waals surface area (Å²) in [5, 5.41) is 4.86. The molecule has 0 spiro atoms. The van der Waals surface area contributed by atoms with Gasteiger partial charge in [0.05, 0.1) is 13.1 Å².